The number of nitrogens with zero attached hydrogens (tertiary/aromatic N) is 1. The van der Waals surface area contributed by atoms with Crippen LogP contribution in [0, 0.1) is 0 Å². The molecule has 3 N–H and O–H groups in total. The van der Waals surface area contributed by atoms with Crippen molar-refractivity contribution in [1.82, 2.24) is 0 Å². The van der Waals surface area contributed by atoms with Gasteiger partial charge in [-0.25, -0.2) is 4.99 Å². The molecule has 0 amide bonds. The summed E-state index contributed by atoms with van der Waals surface area (Å²) in [4.78, 5) is 23.0. The van der Waals surface area contributed by atoms with Gasteiger partial charge in [0.2, 0.25) is 0 Å². The number of hydrogen-bond donors (Lipinski definition) is 3. The van der Waals surface area contributed by atoms with E-state index >= 15 is 0 Å². The van der Waals surface area contributed by atoms with E-state index in [1.807, 2.05) is 33.8 Å². The third kappa shape index (κ3) is 3.40. The Bertz CT molecular complexity index is 935. The second kappa shape index (κ2) is 6.23. The van der Waals surface area contributed by atoms with Crippen molar-refractivity contribution in [3.05, 3.63) is 58.8 Å². The van der Waals surface area contributed by atoms with E-state index in [0.29, 0.717) is 17.0 Å². The maximum Gasteiger partial charge on any atom is 0.374 e. The predicted molar refractivity (Wildman–Crippen MR) is 101 cm³/mol. The number of phenols is 1. The topological polar surface area (TPSA) is 99.4 Å². The zero-order chi connectivity index (χ0) is 19.3. The lowest BCUT2D eigenvalue weighted by molar-refractivity contribution is 0.179. The van der Waals surface area contributed by atoms with Gasteiger partial charge in [-0.05, 0) is 61.8 Å². The van der Waals surface area contributed by atoms with Gasteiger partial charge >= 0.3 is 7.60 Å². The average Bonchev–Trinajstić information content (AvgIpc) is 2.93. The quantitative estimate of drug-likeness (QED) is 0.691. The minimum Gasteiger partial charge on any atom is -0.508 e. The number of ether oxygens (including phenoxy) is 1. The molecule has 138 valence electrons. The molecule has 0 saturated heterocycles. The van der Waals surface area contributed by atoms with Crippen molar-refractivity contribution in [3.8, 4) is 11.5 Å². The third-order valence-corrected chi connectivity index (χ3v) is 5.26. The van der Waals surface area contributed by atoms with Gasteiger partial charge in [0.15, 0.2) is 11.1 Å². The van der Waals surface area contributed by atoms with Crippen molar-refractivity contribution >= 4 is 13.0 Å². The Hall–Kier alpha value is -2.14. The lowest BCUT2D eigenvalue weighted by Gasteiger charge is -2.32. The zero-order valence-corrected chi connectivity index (χ0v) is 16.0. The zero-order valence-electron chi connectivity index (χ0n) is 15.1. The van der Waals surface area contributed by atoms with Crippen LogP contribution in [-0.4, -0.2) is 25.9 Å². The monoisotopic (exact) mass is 375 g/mol. The second-order valence-corrected chi connectivity index (χ2v) is 8.62. The molecule has 3 rings (SSSR count). The van der Waals surface area contributed by atoms with Crippen LogP contribution >= 0.6 is 7.60 Å². The Balaban J connectivity index is 2.01. The first kappa shape index (κ1) is 18.6. The standard InChI is InChI=1S/C19H22NO5P/c1-11(2)14-8-13(5-6-17(14)21)25-19(4)10-12(3)7-16-15(19)9-18(20-16)26(22,23)24/h5-11,21H,1-4H3,(H2,22,23,24). The van der Waals surface area contributed by atoms with E-state index in [1.54, 1.807) is 24.3 Å². The largest absolute Gasteiger partial charge is 0.508 e. The highest BCUT2D eigenvalue weighted by Gasteiger charge is 2.40. The molecular weight excluding hydrogens is 353 g/mol. The van der Waals surface area contributed by atoms with E-state index in [9.17, 15) is 19.5 Å². The van der Waals surface area contributed by atoms with Gasteiger partial charge in [0.1, 0.15) is 11.5 Å². The molecule has 6 nitrogen and oxygen atoms in total. The van der Waals surface area contributed by atoms with Crippen molar-refractivity contribution < 1.29 is 24.2 Å². The van der Waals surface area contributed by atoms with Gasteiger partial charge in [0.05, 0.1) is 5.70 Å². The van der Waals surface area contributed by atoms with Crippen molar-refractivity contribution in [1.29, 1.82) is 0 Å². The minimum atomic E-state index is -4.45. The van der Waals surface area contributed by atoms with Crippen LogP contribution in [0.3, 0.4) is 0 Å². The molecule has 0 saturated carbocycles. The third-order valence-electron chi connectivity index (χ3n) is 4.44. The summed E-state index contributed by atoms with van der Waals surface area (Å²) < 4.78 is 17.8. The average molecular weight is 375 g/mol. The van der Waals surface area contributed by atoms with Gasteiger partial charge in [0.25, 0.3) is 0 Å². The van der Waals surface area contributed by atoms with Gasteiger partial charge in [-0.3, -0.25) is 4.57 Å². The Morgan fingerprint density at radius 3 is 2.54 bits per heavy atom. The molecule has 1 aliphatic heterocycles. The van der Waals surface area contributed by atoms with Crippen LogP contribution < -0.4 is 4.74 Å². The van der Waals surface area contributed by atoms with Crippen LogP contribution in [0.25, 0.3) is 0 Å². The molecule has 1 heterocycles. The van der Waals surface area contributed by atoms with Crippen molar-refractivity contribution in [2.45, 2.75) is 39.2 Å². The smallest absolute Gasteiger partial charge is 0.374 e. The van der Waals surface area contributed by atoms with Gasteiger partial charge in [-0.1, -0.05) is 13.8 Å². The number of allylic oxidation sites excluding steroid dienone is 3. The number of phenolic OH excluding ortho intramolecular Hbond substituents is 1. The van der Waals surface area contributed by atoms with Gasteiger partial charge in [-0.15, -0.1) is 0 Å². The maximum atomic E-state index is 11.6. The van der Waals surface area contributed by atoms with E-state index in [4.69, 9.17) is 4.74 Å². The number of rotatable bonds is 4. The summed E-state index contributed by atoms with van der Waals surface area (Å²) in [6, 6.07) is 5.05. The van der Waals surface area contributed by atoms with Crippen molar-refractivity contribution in [2.24, 2.45) is 4.99 Å². The fourth-order valence-corrected chi connectivity index (χ4v) is 3.77. The van der Waals surface area contributed by atoms with E-state index in [-0.39, 0.29) is 17.1 Å². The lowest BCUT2D eigenvalue weighted by atomic mass is 9.86. The van der Waals surface area contributed by atoms with Crippen LogP contribution in [0.5, 0.6) is 11.5 Å². The van der Waals surface area contributed by atoms with E-state index in [0.717, 1.165) is 11.1 Å². The molecule has 1 aliphatic carbocycles. The SMILES string of the molecule is CC1=CC(C)(Oc2ccc(O)c(C(C)C)c2)C2=CC(P(=O)(O)O)=NC2=C1. The summed E-state index contributed by atoms with van der Waals surface area (Å²) in [5.41, 5.74) is 1.56. The molecule has 7 heteroatoms. The van der Waals surface area contributed by atoms with E-state index in [2.05, 4.69) is 4.99 Å². The first-order valence-electron chi connectivity index (χ1n) is 8.30. The van der Waals surface area contributed by atoms with Crippen LogP contribution in [-0.2, 0) is 4.57 Å². The summed E-state index contributed by atoms with van der Waals surface area (Å²) in [6.07, 6.45) is 5.07. The Kier molecular flexibility index (Phi) is 4.47. The number of fused-ring (bicyclic) bond motifs is 1. The number of hydrogen-bond acceptors (Lipinski definition) is 4. The fraction of sp³-hybridized carbons (Fsp3) is 0.316. The molecular formula is C19H22NO5P. The maximum absolute atomic E-state index is 11.6. The molecule has 1 aromatic rings. The molecule has 0 fully saturated rings. The predicted octanol–water partition coefficient (Wildman–Crippen LogP) is 4.01. The molecule has 1 aromatic carbocycles. The minimum absolute atomic E-state index is 0.126. The highest BCUT2D eigenvalue weighted by Crippen LogP contribution is 2.47. The molecule has 26 heavy (non-hydrogen) atoms. The Morgan fingerprint density at radius 2 is 1.92 bits per heavy atom. The van der Waals surface area contributed by atoms with Crippen LogP contribution in [0.2, 0.25) is 0 Å². The normalized spacial score (nSPS) is 22.4. The van der Waals surface area contributed by atoms with E-state index in [1.165, 1.54) is 6.08 Å². The number of aromatic hydroxyl groups is 1. The molecule has 1 atom stereocenters. The molecule has 0 aromatic heterocycles. The van der Waals surface area contributed by atoms with Crippen LogP contribution in [0.1, 0.15) is 39.2 Å². The fourth-order valence-electron chi connectivity index (χ4n) is 3.23. The van der Waals surface area contributed by atoms with Gasteiger partial charge < -0.3 is 19.6 Å². The molecule has 0 bridgehead atoms. The molecule has 1 unspecified atom stereocenters. The van der Waals surface area contributed by atoms with Gasteiger partial charge in [0, 0.05) is 11.1 Å². The summed E-state index contributed by atoms with van der Waals surface area (Å²) in [5, 5.41) is 10.00. The van der Waals surface area contributed by atoms with Crippen molar-refractivity contribution in [3.63, 3.8) is 0 Å². The highest BCUT2D eigenvalue weighted by atomic mass is 31.2. The Labute approximate surface area is 152 Å². The first-order chi connectivity index (χ1) is 12.0. The number of benzene rings is 1. The van der Waals surface area contributed by atoms with Gasteiger partial charge in [-0.2, -0.15) is 0 Å². The summed E-state index contributed by atoms with van der Waals surface area (Å²) >= 11 is 0. The molecule has 0 radical (unpaired) electrons. The van der Waals surface area contributed by atoms with Crippen LogP contribution in [0.15, 0.2) is 58.3 Å². The lowest BCUT2D eigenvalue weighted by Crippen LogP contribution is -2.34. The second-order valence-electron chi connectivity index (χ2n) is 7.07. The Morgan fingerprint density at radius 1 is 1.23 bits per heavy atom. The summed E-state index contributed by atoms with van der Waals surface area (Å²) in [7, 11) is -4.45. The molecule has 2 aliphatic rings. The van der Waals surface area contributed by atoms with E-state index < -0.39 is 13.2 Å². The summed E-state index contributed by atoms with van der Waals surface area (Å²) in [6.45, 7) is 7.67. The summed E-state index contributed by atoms with van der Waals surface area (Å²) in [5.74, 6) is 0.895. The van der Waals surface area contributed by atoms with Crippen molar-refractivity contribution in [2.75, 3.05) is 0 Å². The molecule has 0 spiro atoms. The first-order valence-corrected chi connectivity index (χ1v) is 9.91. The number of aliphatic imine (C=N–C) groups is 1. The van der Waals surface area contributed by atoms with Crippen LogP contribution in [0.4, 0.5) is 0 Å². The highest BCUT2D eigenvalue weighted by molar-refractivity contribution is 7.71.